The third-order valence-corrected chi connectivity index (χ3v) is 5.10. The van der Waals surface area contributed by atoms with Crippen molar-refractivity contribution >= 4 is 0 Å². The smallest absolute Gasteiger partial charge is 0.126 e. The molecule has 0 aliphatic heterocycles. The van der Waals surface area contributed by atoms with Crippen LogP contribution in [-0.4, -0.2) is 7.05 Å². The summed E-state index contributed by atoms with van der Waals surface area (Å²) in [5.74, 6) is 2.22. The Morgan fingerprint density at radius 3 is 2.20 bits per heavy atom. The van der Waals surface area contributed by atoms with E-state index in [0.717, 1.165) is 23.0 Å². The zero-order valence-electron chi connectivity index (χ0n) is 13.2. The van der Waals surface area contributed by atoms with E-state index in [1.165, 1.54) is 25.7 Å². The lowest BCUT2D eigenvalue weighted by Gasteiger charge is -2.35. The third kappa shape index (κ3) is 3.41. The summed E-state index contributed by atoms with van der Waals surface area (Å²) in [4.78, 5) is 0. The van der Waals surface area contributed by atoms with Crippen molar-refractivity contribution in [2.24, 2.45) is 17.8 Å². The normalized spacial score (nSPS) is 24.9. The van der Waals surface area contributed by atoms with E-state index in [4.69, 9.17) is 0 Å². The molecule has 1 aromatic rings. The predicted octanol–water partition coefficient (Wildman–Crippen LogP) is 4.86. The second-order valence-electron chi connectivity index (χ2n) is 6.69. The van der Waals surface area contributed by atoms with Gasteiger partial charge in [0.15, 0.2) is 0 Å². The molecule has 1 N–H and O–H groups in total. The van der Waals surface area contributed by atoms with Gasteiger partial charge in [-0.2, -0.15) is 0 Å². The molecule has 0 heterocycles. The Labute approximate surface area is 123 Å². The van der Waals surface area contributed by atoms with Crippen molar-refractivity contribution in [3.05, 3.63) is 35.1 Å². The summed E-state index contributed by atoms with van der Waals surface area (Å²) in [6.45, 7) is 6.48. The molecule has 2 heteroatoms. The van der Waals surface area contributed by atoms with Gasteiger partial charge in [0.05, 0.1) is 0 Å². The van der Waals surface area contributed by atoms with Crippen LogP contribution in [0.15, 0.2) is 18.2 Å². The van der Waals surface area contributed by atoms with Crippen LogP contribution < -0.4 is 5.32 Å². The van der Waals surface area contributed by atoms with Crippen LogP contribution in [0.1, 0.15) is 56.7 Å². The summed E-state index contributed by atoms with van der Waals surface area (Å²) < 4.78 is 13.8. The Kier molecular flexibility index (Phi) is 5.20. The first-order valence-corrected chi connectivity index (χ1v) is 7.96. The summed E-state index contributed by atoms with van der Waals surface area (Å²) in [5, 5.41) is 3.41. The standard InChI is InChI=1S/C18H28FN/c1-12(2)14-7-9-15(10-8-14)18(20-4)16-6-5-13(3)17(19)11-16/h5-6,11-12,14-15,18,20H,7-10H2,1-4H3. The highest BCUT2D eigenvalue weighted by Gasteiger charge is 2.29. The van der Waals surface area contributed by atoms with Crippen LogP contribution in [0.5, 0.6) is 0 Å². The molecule has 0 amide bonds. The van der Waals surface area contributed by atoms with Crippen molar-refractivity contribution in [2.75, 3.05) is 7.05 Å². The van der Waals surface area contributed by atoms with Crippen molar-refractivity contribution in [1.82, 2.24) is 5.32 Å². The van der Waals surface area contributed by atoms with Crippen LogP contribution in [-0.2, 0) is 0 Å². The lowest BCUT2D eigenvalue weighted by molar-refractivity contribution is 0.192. The minimum Gasteiger partial charge on any atom is -0.313 e. The van der Waals surface area contributed by atoms with E-state index in [0.29, 0.717) is 12.0 Å². The van der Waals surface area contributed by atoms with Gasteiger partial charge in [-0.1, -0.05) is 26.0 Å². The van der Waals surface area contributed by atoms with Gasteiger partial charge in [-0.15, -0.1) is 0 Å². The minimum absolute atomic E-state index is 0.0846. The number of aryl methyl sites for hydroxylation is 1. The first-order valence-electron chi connectivity index (χ1n) is 7.96. The van der Waals surface area contributed by atoms with E-state index in [2.05, 4.69) is 25.2 Å². The summed E-state index contributed by atoms with van der Waals surface area (Å²) in [6.07, 6.45) is 5.14. The van der Waals surface area contributed by atoms with Gasteiger partial charge in [0.2, 0.25) is 0 Å². The van der Waals surface area contributed by atoms with E-state index >= 15 is 0 Å². The molecule has 1 saturated carbocycles. The fraction of sp³-hybridized carbons (Fsp3) is 0.667. The molecule has 1 aromatic carbocycles. The van der Waals surface area contributed by atoms with Crippen LogP contribution in [0.3, 0.4) is 0 Å². The maximum Gasteiger partial charge on any atom is 0.126 e. The van der Waals surface area contributed by atoms with E-state index in [9.17, 15) is 4.39 Å². The number of hydrogen-bond donors (Lipinski definition) is 1. The van der Waals surface area contributed by atoms with Crippen LogP contribution in [0.2, 0.25) is 0 Å². The molecule has 1 unspecified atom stereocenters. The van der Waals surface area contributed by atoms with Gasteiger partial charge in [0.25, 0.3) is 0 Å². The molecular weight excluding hydrogens is 249 g/mol. The highest BCUT2D eigenvalue weighted by atomic mass is 19.1. The van der Waals surface area contributed by atoms with Gasteiger partial charge in [-0.05, 0) is 74.6 Å². The van der Waals surface area contributed by atoms with Gasteiger partial charge in [0, 0.05) is 6.04 Å². The van der Waals surface area contributed by atoms with Crippen molar-refractivity contribution < 1.29 is 4.39 Å². The molecule has 0 radical (unpaired) electrons. The molecule has 1 nitrogen and oxygen atoms in total. The monoisotopic (exact) mass is 277 g/mol. The summed E-state index contributed by atoms with van der Waals surface area (Å²) in [7, 11) is 2.00. The topological polar surface area (TPSA) is 12.0 Å². The zero-order valence-corrected chi connectivity index (χ0v) is 13.2. The summed E-state index contributed by atoms with van der Waals surface area (Å²) >= 11 is 0. The molecule has 0 saturated heterocycles. The number of benzene rings is 1. The fourth-order valence-corrected chi connectivity index (χ4v) is 3.62. The van der Waals surface area contributed by atoms with Crippen molar-refractivity contribution in [3.8, 4) is 0 Å². The molecule has 1 atom stereocenters. The van der Waals surface area contributed by atoms with E-state index in [1.807, 2.05) is 20.0 Å². The number of nitrogens with one attached hydrogen (secondary N) is 1. The number of halogens is 1. The Morgan fingerprint density at radius 1 is 1.10 bits per heavy atom. The molecular formula is C18H28FN. The Hall–Kier alpha value is -0.890. The largest absolute Gasteiger partial charge is 0.313 e. The average Bonchev–Trinajstić information content (AvgIpc) is 2.44. The van der Waals surface area contributed by atoms with Gasteiger partial charge >= 0.3 is 0 Å². The second kappa shape index (κ2) is 6.71. The molecule has 20 heavy (non-hydrogen) atoms. The van der Waals surface area contributed by atoms with E-state index < -0.39 is 0 Å². The fourth-order valence-electron chi connectivity index (χ4n) is 3.62. The number of rotatable bonds is 4. The predicted molar refractivity (Wildman–Crippen MR) is 83.2 cm³/mol. The Balaban J connectivity index is 2.07. The summed E-state index contributed by atoms with van der Waals surface area (Å²) in [6, 6.07) is 5.98. The lowest BCUT2D eigenvalue weighted by atomic mass is 9.73. The maximum absolute atomic E-state index is 13.8. The highest BCUT2D eigenvalue weighted by Crippen LogP contribution is 2.39. The molecule has 0 aromatic heterocycles. The number of hydrogen-bond acceptors (Lipinski definition) is 1. The van der Waals surface area contributed by atoms with Gasteiger partial charge in [0.1, 0.15) is 5.82 Å². The molecule has 0 bridgehead atoms. The first kappa shape index (κ1) is 15.5. The van der Waals surface area contributed by atoms with Crippen molar-refractivity contribution in [3.63, 3.8) is 0 Å². The Morgan fingerprint density at radius 2 is 1.70 bits per heavy atom. The average molecular weight is 277 g/mol. The van der Waals surface area contributed by atoms with Crippen LogP contribution in [0, 0.1) is 30.5 Å². The van der Waals surface area contributed by atoms with Crippen molar-refractivity contribution in [1.29, 1.82) is 0 Å². The van der Waals surface area contributed by atoms with E-state index in [1.54, 1.807) is 6.07 Å². The molecule has 1 aliphatic rings. The Bertz CT molecular complexity index is 433. The maximum atomic E-state index is 13.8. The first-order chi connectivity index (χ1) is 9.52. The highest BCUT2D eigenvalue weighted by molar-refractivity contribution is 5.26. The van der Waals surface area contributed by atoms with Crippen LogP contribution in [0.4, 0.5) is 4.39 Å². The van der Waals surface area contributed by atoms with Crippen LogP contribution in [0.25, 0.3) is 0 Å². The molecule has 1 fully saturated rings. The van der Waals surface area contributed by atoms with Crippen molar-refractivity contribution in [2.45, 2.75) is 52.5 Å². The molecule has 1 aliphatic carbocycles. The summed E-state index contributed by atoms with van der Waals surface area (Å²) in [5.41, 5.74) is 1.83. The zero-order chi connectivity index (χ0) is 14.7. The van der Waals surface area contributed by atoms with E-state index in [-0.39, 0.29) is 5.82 Å². The minimum atomic E-state index is -0.0846. The van der Waals surface area contributed by atoms with Gasteiger partial charge in [-0.25, -0.2) is 4.39 Å². The molecule has 0 spiro atoms. The SMILES string of the molecule is CNC(c1ccc(C)c(F)c1)C1CCC(C(C)C)CC1. The second-order valence-corrected chi connectivity index (χ2v) is 6.69. The third-order valence-electron chi connectivity index (χ3n) is 5.10. The van der Waals surface area contributed by atoms with Crippen LogP contribution >= 0.6 is 0 Å². The lowest BCUT2D eigenvalue weighted by Crippen LogP contribution is -2.30. The van der Waals surface area contributed by atoms with Gasteiger partial charge in [-0.3, -0.25) is 0 Å². The molecule has 2 rings (SSSR count). The van der Waals surface area contributed by atoms with Gasteiger partial charge < -0.3 is 5.32 Å². The molecule has 112 valence electrons. The quantitative estimate of drug-likeness (QED) is 0.829.